The van der Waals surface area contributed by atoms with Gasteiger partial charge in [-0.2, -0.15) is 0 Å². The van der Waals surface area contributed by atoms with E-state index in [4.69, 9.17) is 0 Å². The van der Waals surface area contributed by atoms with E-state index in [1.807, 2.05) is 4.90 Å². The fraction of sp³-hybridized carbons (Fsp3) is 0.375. The van der Waals surface area contributed by atoms with Gasteiger partial charge in [-0.25, -0.2) is 9.97 Å². The zero-order valence-corrected chi connectivity index (χ0v) is 13.1. The number of rotatable bonds is 3. The first-order chi connectivity index (χ1) is 11.7. The number of carbonyl (C=O) groups is 1. The molecular formula is C16H18N6O2. The van der Waals surface area contributed by atoms with Gasteiger partial charge in [0.15, 0.2) is 0 Å². The summed E-state index contributed by atoms with van der Waals surface area (Å²) in [6.45, 7) is 0.951. The molecule has 1 aliphatic rings. The van der Waals surface area contributed by atoms with Crippen molar-refractivity contribution in [3.05, 3.63) is 53.2 Å². The van der Waals surface area contributed by atoms with Crippen LogP contribution < -0.4 is 5.56 Å². The quantitative estimate of drug-likeness (QED) is 0.777. The summed E-state index contributed by atoms with van der Waals surface area (Å²) in [6, 6.07) is 1.45. The van der Waals surface area contributed by atoms with Gasteiger partial charge in [-0.3, -0.25) is 14.0 Å². The van der Waals surface area contributed by atoms with Crippen LogP contribution in [0.1, 0.15) is 31.0 Å². The van der Waals surface area contributed by atoms with Crippen LogP contribution in [0.25, 0.3) is 5.78 Å². The van der Waals surface area contributed by atoms with Crippen molar-refractivity contribution in [2.24, 2.45) is 0 Å². The second-order valence-corrected chi connectivity index (χ2v) is 6.02. The van der Waals surface area contributed by atoms with E-state index in [0.29, 0.717) is 12.3 Å². The molecule has 0 saturated carbocycles. The number of fused-ring (bicyclic) bond motifs is 1. The first-order valence-electron chi connectivity index (χ1n) is 8.04. The summed E-state index contributed by atoms with van der Waals surface area (Å²) < 4.78 is 3.22. The molecule has 1 amide bonds. The van der Waals surface area contributed by atoms with Crippen molar-refractivity contribution in [1.29, 1.82) is 0 Å². The molecule has 1 N–H and O–H groups in total. The van der Waals surface area contributed by atoms with Gasteiger partial charge >= 0.3 is 0 Å². The van der Waals surface area contributed by atoms with Crippen molar-refractivity contribution in [2.45, 2.75) is 31.8 Å². The van der Waals surface area contributed by atoms with Crippen molar-refractivity contribution >= 4 is 11.7 Å². The van der Waals surface area contributed by atoms with Crippen LogP contribution in [0.5, 0.6) is 0 Å². The summed E-state index contributed by atoms with van der Waals surface area (Å²) in [5.74, 6) is 0.534. The van der Waals surface area contributed by atoms with Gasteiger partial charge in [0, 0.05) is 43.1 Å². The van der Waals surface area contributed by atoms with Crippen LogP contribution in [0.4, 0.5) is 0 Å². The third-order valence-corrected chi connectivity index (χ3v) is 4.47. The Morgan fingerprint density at radius 2 is 2.21 bits per heavy atom. The van der Waals surface area contributed by atoms with Crippen LogP contribution in [0, 0.1) is 0 Å². The van der Waals surface area contributed by atoms with Gasteiger partial charge in [0.25, 0.3) is 5.56 Å². The predicted molar refractivity (Wildman–Crippen MR) is 86.3 cm³/mol. The Labute approximate surface area is 137 Å². The van der Waals surface area contributed by atoms with Crippen LogP contribution in [0.2, 0.25) is 0 Å². The van der Waals surface area contributed by atoms with E-state index >= 15 is 0 Å². The number of likely N-dealkylation sites (tertiary alicyclic amines) is 1. The number of nitrogens with zero attached hydrogens (tertiary/aromatic N) is 5. The molecular weight excluding hydrogens is 308 g/mol. The number of H-pyrrole nitrogens is 1. The number of hydrogen-bond donors (Lipinski definition) is 1. The van der Waals surface area contributed by atoms with Crippen molar-refractivity contribution in [3.63, 3.8) is 0 Å². The highest BCUT2D eigenvalue weighted by atomic mass is 16.2. The van der Waals surface area contributed by atoms with Crippen molar-refractivity contribution in [1.82, 2.24) is 28.8 Å². The maximum atomic E-state index is 12.7. The lowest BCUT2D eigenvalue weighted by Gasteiger charge is -2.35. The standard InChI is InChI=1S/C16H18N6O2/c23-14-9-12(19-16-18-5-8-22(14)16)13-3-1-2-6-21(13)15(24)10-20-7-4-17-11-20/h4-5,7-9,11,13H,1-3,6,10H2,(H,18,19)/t13-/m1/s1. The van der Waals surface area contributed by atoms with Gasteiger partial charge in [-0.05, 0) is 19.3 Å². The van der Waals surface area contributed by atoms with Crippen LogP contribution >= 0.6 is 0 Å². The SMILES string of the molecule is O=C(Cn1ccnc1)N1CCCC[C@@H]1c1cc(=O)n2ccnc2[nH]1. The molecule has 0 bridgehead atoms. The number of imidazole rings is 2. The van der Waals surface area contributed by atoms with Crippen LogP contribution in [0.15, 0.2) is 42.0 Å². The summed E-state index contributed by atoms with van der Waals surface area (Å²) in [5.41, 5.74) is 0.612. The molecule has 1 aliphatic heterocycles. The van der Waals surface area contributed by atoms with E-state index in [1.54, 1.807) is 41.7 Å². The van der Waals surface area contributed by atoms with Gasteiger partial charge in [0.05, 0.1) is 12.4 Å². The Balaban J connectivity index is 1.65. The molecule has 1 fully saturated rings. The third kappa shape index (κ3) is 2.60. The fourth-order valence-electron chi connectivity index (χ4n) is 3.30. The minimum absolute atomic E-state index is 0.0294. The normalized spacial score (nSPS) is 18.2. The number of piperidine rings is 1. The number of aromatic amines is 1. The van der Waals surface area contributed by atoms with E-state index in [9.17, 15) is 9.59 Å². The summed E-state index contributed by atoms with van der Waals surface area (Å²) in [4.78, 5) is 38.1. The van der Waals surface area contributed by atoms with Gasteiger partial charge in [0.1, 0.15) is 6.54 Å². The van der Waals surface area contributed by atoms with Crippen molar-refractivity contribution in [2.75, 3.05) is 6.54 Å². The lowest BCUT2D eigenvalue weighted by atomic mass is 9.99. The topological polar surface area (TPSA) is 88.3 Å². The highest BCUT2D eigenvalue weighted by Gasteiger charge is 2.29. The van der Waals surface area contributed by atoms with Gasteiger partial charge in [-0.1, -0.05) is 0 Å². The van der Waals surface area contributed by atoms with Gasteiger partial charge in [-0.15, -0.1) is 0 Å². The third-order valence-electron chi connectivity index (χ3n) is 4.47. The predicted octanol–water partition coefficient (Wildman–Crippen LogP) is 0.973. The molecule has 24 heavy (non-hydrogen) atoms. The lowest BCUT2D eigenvalue weighted by Crippen LogP contribution is -2.41. The number of nitrogens with one attached hydrogen (secondary N) is 1. The molecule has 0 aromatic carbocycles. The molecule has 0 aliphatic carbocycles. The van der Waals surface area contributed by atoms with Crippen LogP contribution in [0.3, 0.4) is 0 Å². The molecule has 0 spiro atoms. The number of hydrogen-bond acceptors (Lipinski definition) is 4. The molecule has 0 radical (unpaired) electrons. The number of amides is 1. The van der Waals surface area contributed by atoms with Crippen LogP contribution in [-0.2, 0) is 11.3 Å². The van der Waals surface area contributed by atoms with Gasteiger partial charge in [0.2, 0.25) is 11.7 Å². The molecule has 8 nitrogen and oxygen atoms in total. The van der Waals surface area contributed by atoms with E-state index in [1.165, 1.54) is 4.40 Å². The molecule has 3 aromatic rings. The Morgan fingerprint density at radius 1 is 1.29 bits per heavy atom. The van der Waals surface area contributed by atoms with Crippen molar-refractivity contribution < 1.29 is 4.79 Å². The average Bonchev–Trinajstić information content (AvgIpc) is 3.26. The zero-order valence-electron chi connectivity index (χ0n) is 13.1. The molecule has 4 heterocycles. The molecule has 1 atom stereocenters. The maximum Gasteiger partial charge on any atom is 0.259 e. The lowest BCUT2D eigenvalue weighted by molar-refractivity contribution is -0.135. The van der Waals surface area contributed by atoms with Crippen molar-refractivity contribution in [3.8, 4) is 0 Å². The monoisotopic (exact) mass is 326 g/mol. The van der Waals surface area contributed by atoms with E-state index in [-0.39, 0.29) is 24.1 Å². The molecule has 3 aromatic heterocycles. The summed E-state index contributed by atoms with van der Waals surface area (Å²) >= 11 is 0. The Bertz CT molecular complexity index is 910. The summed E-state index contributed by atoms with van der Waals surface area (Å²) in [7, 11) is 0. The smallest absolute Gasteiger partial charge is 0.259 e. The molecule has 0 unspecified atom stereocenters. The average molecular weight is 326 g/mol. The largest absolute Gasteiger partial charge is 0.333 e. The zero-order chi connectivity index (χ0) is 16.5. The number of aromatic nitrogens is 5. The van der Waals surface area contributed by atoms with E-state index < -0.39 is 0 Å². The molecule has 1 saturated heterocycles. The fourth-order valence-corrected chi connectivity index (χ4v) is 3.30. The van der Waals surface area contributed by atoms with E-state index in [0.717, 1.165) is 25.0 Å². The van der Waals surface area contributed by atoms with Crippen LogP contribution in [-0.4, -0.2) is 41.3 Å². The number of carbonyl (C=O) groups excluding carboxylic acids is 1. The molecule has 8 heteroatoms. The second-order valence-electron chi connectivity index (χ2n) is 6.02. The summed E-state index contributed by atoms with van der Waals surface area (Å²) in [6.07, 6.45) is 11.1. The minimum Gasteiger partial charge on any atom is -0.333 e. The summed E-state index contributed by atoms with van der Waals surface area (Å²) in [5, 5.41) is 0. The van der Waals surface area contributed by atoms with Gasteiger partial charge < -0.3 is 14.5 Å². The molecule has 124 valence electrons. The minimum atomic E-state index is -0.135. The Hall–Kier alpha value is -2.90. The molecule has 4 rings (SSSR count). The maximum absolute atomic E-state index is 12.7. The first kappa shape index (κ1) is 14.7. The Kier molecular flexibility index (Phi) is 3.64. The Morgan fingerprint density at radius 3 is 3.04 bits per heavy atom. The van der Waals surface area contributed by atoms with E-state index in [2.05, 4.69) is 15.0 Å². The second kappa shape index (κ2) is 5.95. The highest BCUT2D eigenvalue weighted by Crippen LogP contribution is 2.29. The first-order valence-corrected chi connectivity index (χ1v) is 8.04. The highest BCUT2D eigenvalue weighted by molar-refractivity contribution is 5.76.